The number of hydrogen-bond acceptors (Lipinski definition) is 0. The third-order valence-electron chi connectivity index (χ3n) is 5.01. The van der Waals surface area contributed by atoms with Gasteiger partial charge in [0.05, 0.1) is 0 Å². The lowest BCUT2D eigenvalue weighted by molar-refractivity contribution is 0.747. The number of benzene rings is 3. The normalized spacial score (nSPS) is 17.8. The van der Waals surface area contributed by atoms with Gasteiger partial charge in [0, 0.05) is 0 Å². The van der Waals surface area contributed by atoms with Crippen LogP contribution in [0.2, 0.25) is 0 Å². The highest BCUT2D eigenvalue weighted by molar-refractivity contribution is 6.10. The van der Waals surface area contributed by atoms with E-state index in [4.69, 9.17) is 0 Å². The summed E-state index contributed by atoms with van der Waals surface area (Å²) in [5, 5.41) is 5.78. The first-order valence-electron chi connectivity index (χ1n) is 7.75. The predicted octanol–water partition coefficient (Wildman–Crippen LogP) is 5.61. The number of hydrogen-bond donors (Lipinski definition) is 0. The highest BCUT2D eigenvalue weighted by Gasteiger charge is 2.21. The van der Waals surface area contributed by atoms with E-state index in [2.05, 4.69) is 56.3 Å². The van der Waals surface area contributed by atoms with Gasteiger partial charge in [0.2, 0.25) is 0 Å². The van der Waals surface area contributed by atoms with Crippen LogP contribution in [0.3, 0.4) is 0 Å². The van der Waals surface area contributed by atoms with Crippen molar-refractivity contribution >= 4 is 21.5 Å². The van der Waals surface area contributed by atoms with E-state index in [1.807, 2.05) is 0 Å². The quantitative estimate of drug-likeness (QED) is 0.499. The molecule has 0 aliphatic heterocycles. The minimum atomic E-state index is 0.728. The minimum Gasteiger partial charge on any atom is -0.0614 e. The fourth-order valence-electron chi connectivity index (χ4n) is 3.90. The second kappa shape index (κ2) is 4.34. The molecule has 0 heteroatoms. The van der Waals surface area contributed by atoms with E-state index in [0.717, 1.165) is 12.3 Å². The van der Waals surface area contributed by atoms with Gasteiger partial charge in [0.1, 0.15) is 0 Å². The van der Waals surface area contributed by atoms with Crippen molar-refractivity contribution in [3.8, 4) is 0 Å². The van der Waals surface area contributed by atoms with Crippen molar-refractivity contribution in [3.05, 3.63) is 59.2 Å². The summed E-state index contributed by atoms with van der Waals surface area (Å²) in [5.74, 6) is 0.728. The van der Waals surface area contributed by atoms with E-state index in [1.165, 1.54) is 39.9 Å². The number of aryl methyl sites for hydroxylation is 2. The van der Waals surface area contributed by atoms with Crippen LogP contribution < -0.4 is 0 Å². The molecule has 0 spiro atoms. The molecule has 0 unspecified atom stereocenters. The lowest BCUT2D eigenvalue weighted by Gasteiger charge is -2.12. The van der Waals surface area contributed by atoms with Gasteiger partial charge in [0.25, 0.3) is 0 Å². The molecule has 0 amide bonds. The fourth-order valence-corrected chi connectivity index (χ4v) is 3.90. The third kappa shape index (κ3) is 1.54. The van der Waals surface area contributed by atoms with Crippen LogP contribution in [0, 0.1) is 0 Å². The van der Waals surface area contributed by atoms with Crippen molar-refractivity contribution in [2.75, 3.05) is 0 Å². The maximum Gasteiger partial charge on any atom is -0.00733 e. The molecular weight excluding hydrogens is 240 g/mol. The van der Waals surface area contributed by atoms with Crippen molar-refractivity contribution in [1.82, 2.24) is 0 Å². The monoisotopic (exact) mass is 260 g/mol. The Bertz CT molecular complexity index is 811. The van der Waals surface area contributed by atoms with Gasteiger partial charge < -0.3 is 0 Å². The van der Waals surface area contributed by atoms with E-state index in [0.29, 0.717) is 0 Å². The van der Waals surface area contributed by atoms with E-state index in [-0.39, 0.29) is 0 Å². The summed E-state index contributed by atoms with van der Waals surface area (Å²) in [6, 6.07) is 16.1. The average Bonchev–Trinajstić information content (AvgIpc) is 2.88. The molecule has 1 aliphatic carbocycles. The molecule has 1 atom stereocenters. The summed E-state index contributed by atoms with van der Waals surface area (Å²) in [7, 11) is 0. The Morgan fingerprint density at radius 1 is 1.00 bits per heavy atom. The van der Waals surface area contributed by atoms with Crippen molar-refractivity contribution < 1.29 is 0 Å². The number of rotatable bonds is 1. The predicted molar refractivity (Wildman–Crippen MR) is 87.6 cm³/mol. The van der Waals surface area contributed by atoms with Gasteiger partial charge in [-0.25, -0.2) is 0 Å². The molecule has 0 nitrogen and oxygen atoms in total. The molecule has 3 aromatic carbocycles. The molecule has 1 aliphatic rings. The highest BCUT2D eigenvalue weighted by atomic mass is 14.2. The fraction of sp³-hybridized carbons (Fsp3) is 0.300. The lowest BCUT2D eigenvalue weighted by atomic mass is 9.92. The zero-order valence-electron chi connectivity index (χ0n) is 12.2. The smallest absolute Gasteiger partial charge is 0.00733 e. The van der Waals surface area contributed by atoms with Crippen LogP contribution in [-0.2, 0) is 12.8 Å². The molecule has 0 saturated heterocycles. The summed E-state index contributed by atoms with van der Waals surface area (Å²) in [4.78, 5) is 0. The summed E-state index contributed by atoms with van der Waals surface area (Å²) in [6.07, 6.45) is 3.65. The maximum atomic E-state index is 2.38. The molecule has 0 saturated carbocycles. The van der Waals surface area contributed by atoms with E-state index in [9.17, 15) is 0 Å². The lowest BCUT2D eigenvalue weighted by Crippen LogP contribution is -1.90. The van der Waals surface area contributed by atoms with Gasteiger partial charge in [-0.2, -0.15) is 0 Å². The van der Waals surface area contributed by atoms with Crippen molar-refractivity contribution in [3.63, 3.8) is 0 Å². The molecule has 0 N–H and O–H groups in total. The minimum absolute atomic E-state index is 0.728. The van der Waals surface area contributed by atoms with Gasteiger partial charge in [-0.05, 0) is 63.4 Å². The van der Waals surface area contributed by atoms with Crippen molar-refractivity contribution in [2.24, 2.45) is 0 Å². The van der Waals surface area contributed by atoms with Gasteiger partial charge in [-0.15, -0.1) is 0 Å². The molecule has 0 aromatic heterocycles. The van der Waals surface area contributed by atoms with Crippen molar-refractivity contribution in [2.45, 2.75) is 39.0 Å². The molecule has 0 bridgehead atoms. The van der Waals surface area contributed by atoms with Crippen LogP contribution in [0.1, 0.15) is 42.9 Å². The van der Waals surface area contributed by atoms with Crippen LogP contribution in [0.5, 0.6) is 0 Å². The highest BCUT2D eigenvalue weighted by Crippen LogP contribution is 2.39. The zero-order chi connectivity index (χ0) is 13.7. The first-order chi connectivity index (χ1) is 9.79. The Morgan fingerprint density at radius 2 is 1.85 bits per heavy atom. The zero-order valence-corrected chi connectivity index (χ0v) is 12.2. The summed E-state index contributed by atoms with van der Waals surface area (Å²) in [6.45, 7) is 4.61. The van der Waals surface area contributed by atoms with E-state index < -0.39 is 0 Å². The standard InChI is InChI=1S/C20H20/c1-3-14-5-4-6-15-8-10-18-17-9-7-13(2)16(17)11-12-19(18)20(14)15/h4-6,8,10-13H,3,7,9H2,1-2H3/t13-/m0/s1. The number of fused-ring (bicyclic) bond motifs is 5. The molecule has 3 aromatic rings. The summed E-state index contributed by atoms with van der Waals surface area (Å²) < 4.78 is 0. The molecule has 0 heterocycles. The topological polar surface area (TPSA) is 0 Å². The average molecular weight is 260 g/mol. The second-order valence-electron chi connectivity index (χ2n) is 6.10. The van der Waals surface area contributed by atoms with Crippen LogP contribution in [0.4, 0.5) is 0 Å². The Hall–Kier alpha value is -1.82. The molecule has 0 radical (unpaired) electrons. The SMILES string of the molecule is CCc1cccc2ccc3c4c(ccc3c12)[C@@H](C)CC4. The molecule has 100 valence electrons. The first kappa shape index (κ1) is 12.0. The Morgan fingerprint density at radius 3 is 2.70 bits per heavy atom. The van der Waals surface area contributed by atoms with Gasteiger partial charge in [-0.3, -0.25) is 0 Å². The van der Waals surface area contributed by atoms with Crippen molar-refractivity contribution in [1.29, 1.82) is 0 Å². The van der Waals surface area contributed by atoms with Crippen LogP contribution in [0.25, 0.3) is 21.5 Å². The van der Waals surface area contributed by atoms with Gasteiger partial charge in [-0.1, -0.05) is 56.3 Å². The second-order valence-corrected chi connectivity index (χ2v) is 6.10. The maximum absolute atomic E-state index is 2.38. The van der Waals surface area contributed by atoms with Crippen LogP contribution in [0.15, 0.2) is 42.5 Å². The Balaban J connectivity index is 2.16. The molecular formula is C20H20. The van der Waals surface area contributed by atoms with Crippen LogP contribution >= 0.6 is 0 Å². The first-order valence-corrected chi connectivity index (χ1v) is 7.75. The summed E-state index contributed by atoms with van der Waals surface area (Å²) in [5.41, 5.74) is 4.65. The third-order valence-corrected chi connectivity index (χ3v) is 5.01. The van der Waals surface area contributed by atoms with E-state index in [1.54, 1.807) is 11.1 Å². The summed E-state index contributed by atoms with van der Waals surface area (Å²) >= 11 is 0. The molecule has 20 heavy (non-hydrogen) atoms. The molecule has 4 rings (SSSR count). The molecule has 0 fully saturated rings. The van der Waals surface area contributed by atoms with E-state index >= 15 is 0 Å². The Labute approximate surface area is 120 Å². The largest absolute Gasteiger partial charge is 0.0614 e. The Kier molecular flexibility index (Phi) is 2.60. The van der Waals surface area contributed by atoms with Gasteiger partial charge >= 0.3 is 0 Å². The van der Waals surface area contributed by atoms with Crippen LogP contribution in [-0.4, -0.2) is 0 Å². The van der Waals surface area contributed by atoms with Gasteiger partial charge in [0.15, 0.2) is 0 Å².